The van der Waals surface area contributed by atoms with Crippen molar-refractivity contribution >= 4 is 27.3 Å². The average Bonchev–Trinajstić information content (AvgIpc) is 2.57. The molecule has 0 bridgehead atoms. The van der Waals surface area contributed by atoms with Crippen molar-refractivity contribution in [3.8, 4) is 0 Å². The van der Waals surface area contributed by atoms with Crippen molar-refractivity contribution in [3.05, 3.63) is 28.3 Å². The van der Waals surface area contributed by atoms with E-state index in [1.807, 2.05) is 34.6 Å². The van der Waals surface area contributed by atoms with E-state index in [2.05, 4.69) is 10.6 Å². The first-order valence-corrected chi connectivity index (χ1v) is 11.1. The van der Waals surface area contributed by atoms with E-state index in [0.717, 1.165) is 12.5 Å². The first kappa shape index (κ1) is 23.1. The number of nitro benzene ring substituents is 1. The second-order valence-electron chi connectivity index (χ2n) is 8.86. The number of carbonyl (C=O) groups excluding carboxylic acids is 1. The molecule has 162 valence electrons. The summed E-state index contributed by atoms with van der Waals surface area (Å²) in [6.07, 6.45) is 0.950. The van der Waals surface area contributed by atoms with Crippen molar-refractivity contribution in [1.29, 1.82) is 0 Å². The first-order chi connectivity index (χ1) is 13.3. The number of carbonyl (C=O) groups is 1. The fourth-order valence-electron chi connectivity index (χ4n) is 3.56. The van der Waals surface area contributed by atoms with E-state index in [9.17, 15) is 23.3 Å². The largest absolute Gasteiger partial charge is 0.371 e. The lowest BCUT2D eigenvalue weighted by Crippen LogP contribution is -2.43. The Balaban J connectivity index is 2.25. The standard InChI is InChI=1S/C19H30N4O5S/c1-13-8-14(2)12-22(11-13)29(27,28)15-6-7-16(17(9-15)23(25)26)20-10-18(24)21-19(3,4)5/h6-7,9,13-14,20H,8,10-12H2,1-5H3,(H,21,24)/t13-,14-/m1/s1. The van der Waals surface area contributed by atoms with Gasteiger partial charge in [-0.05, 0) is 51.2 Å². The summed E-state index contributed by atoms with van der Waals surface area (Å²) in [6.45, 7) is 10.1. The Kier molecular flexibility index (Phi) is 6.89. The van der Waals surface area contributed by atoms with Gasteiger partial charge in [-0.25, -0.2) is 8.42 Å². The molecule has 1 aliphatic heterocycles. The molecule has 0 aliphatic carbocycles. The van der Waals surface area contributed by atoms with Crippen molar-refractivity contribution < 1.29 is 18.1 Å². The third kappa shape index (κ3) is 6.14. The summed E-state index contributed by atoms with van der Waals surface area (Å²) in [6, 6.07) is 3.74. The molecule has 0 spiro atoms. The van der Waals surface area contributed by atoms with Crippen molar-refractivity contribution in [2.45, 2.75) is 51.5 Å². The van der Waals surface area contributed by atoms with Crippen molar-refractivity contribution in [2.24, 2.45) is 11.8 Å². The zero-order valence-corrected chi connectivity index (χ0v) is 18.4. The van der Waals surface area contributed by atoms with Crippen molar-refractivity contribution in [3.63, 3.8) is 0 Å². The highest BCUT2D eigenvalue weighted by Gasteiger charge is 2.33. The molecule has 0 aromatic heterocycles. The molecule has 1 aliphatic rings. The Morgan fingerprint density at radius 3 is 2.34 bits per heavy atom. The Morgan fingerprint density at radius 1 is 1.24 bits per heavy atom. The molecule has 9 nitrogen and oxygen atoms in total. The zero-order chi connectivity index (χ0) is 22.0. The van der Waals surface area contributed by atoms with Gasteiger partial charge in [-0.1, -0.05) is 13.8 Å². The third-order valence-electron chi connectivity index (χ3n) is 4.59. The van der Waals surface area contributed by atoms with Crippen LogP contribution in [-0.2, 0) is 14.8 Å². The fraction of sp³-hybridized carbons (Fsp3) is 0.632. The highest BCUT2D eigenvalue weighted by Crippen LogP contribution is 2.31. The molecule has 0 unspecified atom stereocenters. The van der Waals surface area contributed by atoms with E-state index in [1.54, 1.807) is 0 Å². The van der Waals surface area contributed by atoms with Gasteiger partial charge in [0.15, 0.2) is 0 Å². The molecule has 2 rings (SSSR count). The number of amides is 1. The molecule has 1 amide bonds. The van der Waals surface area contributed by atoms with Crippen LogP contribution < -0.4 is 10.6 Å². The molecule has 1 aromatic carbocycles. The number of rotatable bonds is 6. The van der Waals surface area contributed by atoms with Crippen LogP contribution in [0.3, 0.4) is 0 Å². The summed E-state index contributed by atoms with van der Waals surface area (Å²) >= 11 is 0. The minimum Gasteiger partial charge on any atom is -0.371 e. The summed E-state index contributed by atoms with van der Waals surface area (Å²) in [5.41, 5.74) is -0.711. The number of hydrogen-bond donors (Lipinski definition) is 2. The molecule has 10 heteroatoms. The number of nitrogens with zero attached hydrogens (tertiary/aromatic N) is 2. The lowest BCUT2D eigenvalue weighted by molar-refractivity contribution is -0.384. The molecular formula is C19H30N4O5S. The van der Waals surface area contributed by atoms with Crippen LogP contribution in [-0.4, -0.2) is 48.7 Å². The van der Waals surface area contributed by atoms with Gasteiger partial charge in [-0.2, -0.15) is 4.31 Å². The number of benzene rings is 1. The quantitative estimate of drug-likeness (QED) is 0.533. The lowest BCUT2D eigenvalue weighted by Gasteiger charge is -2.34. The molecule has 0 radical (unpaired) electrons. The minimum absolute atomic E-state index is 0.0957. The van der Waals surface area contributed by atoms with Crippen molar-refractivity contribution in [2.75, 3.05) is 25.0 Å². The second kappa shape index (κ2) is 8.66. The summed E-state index contributed by atoms with van der Waals surface area (Å²) < 4.78 is 27.4. The van der Waals surface area contributed by atoms with Crippen LogP contribution in [0.2, 0.25) is 0 Å². The maximum absolute atomic E-state index is 13.0. The van der Waals surface area contributed by atoms with Crippen LogP contribution in [0.25, 0.3) is 0 Å². The van der Waals surface area contributed by atoms with E-state index in [0.29, 0.717) is 13.1 Å². The maximum Gasteiger partial charge on any atom is 0.293 e. The monoisotopic (exact) mass is 426 g/mol. The highest BCUT2D eigenvalue weighted by atomic mass is 32.2. The third-order valence-corrected chi connectivity index (χ3v) is 6.42. The summed E-state index contributed by atoms with van der Waals surface area (Å²) in [5, 5.41) is 17.0. The summed E-state index contributed by atoms with van der Waals surface area (Å²) in [7, 11) is -3.83. The number of anilines is 1. The lowest BCUT2D eigenvalue weighted by atomic mass is 9.94. The molecule has 0 saturated carbocycles. The first-order valence-electron chi connectivity index (χ1n) is 9.63. The fourth-order valence-corrected chi connectivity index (χ4v) is 5.26. The molecule has 1 heterocycles. The molecule has 1 aromatic rings. The predicted octanol–water partition coefficient (Wildman–Crippen LogP) is 2.59. The van der Waals surface area contributed by atoms with Crippen LogP contribution in [0.4, 0.5) is 11.4 Å². The number of nitrogens with one attached hydrogen (secondary N) is 2. The number of sulfonamides is 1. The van der Waals surface area contributed by atoms with Gasteiger partial charge in [0.2, 0.25) is 15.9 Å². The molecule has 1 fully saturated rings. The van der Waals surface area contributed by atoms with Crippen molar-refractivity contribution in [1.82, 2.24) is 9.62 Å². The van der Waals surface area contributed by atoms with Gasteiger partial charge < -0.3 is 10.6 Å². The highest BCUT2D eigenvalue weighted by molar-refractivity contribution is 7.89. The van der Waals surface area contributed by atoms with Gasteiger partial charge in [-0.15, -0.1) is 0 Å². The SMILES string of the molecule is C[C@@H]1C[C@@H](C)CN(S(=O)(=O)c2ccc(NCC(=O)NC(C)(C)C)c([N+](=O)[O-])c2)C1. The Morgan fingerprint density at radius 2 is 1.83 bits per heavy atom. The van der Waals surface area contributed by atoms with Crippen LogP contribution in [0, 0.1) is 22.0 Å². The Bertz CT molecular complexity index is 869. The number of nitro groups is 1. The summed E-state index contributed by atoms with van der Waals surface area (Å²) in [4.78, 5) is 22.7. The van der Waals surface area contributed by atoms with Crippen LogP contribution in [0.1, 0.15) is 41.0 Å². The van der Waals surface area contributed by atoms with Crippen LogP contribution in [0.15, 0.2) is 23.1 Å². The predicted molar refractivity (Wildman–Crippen MR) is 111 cm³/mol. The van der Waals surface area contributed by atoms with Gasteiger partial charge >= 0.3 is 0 Å². The van der Waals surface area contributed by atoms with E-state index in [1.165, 1.54) is 16.4 Å². The zero-order valence-electron chi connectivity index (χ0n) is 17.6. The normalized spacial score (nSPS) is 20.9. The summed E-state index contributed by atoms with van der Waals surface area (Å²) in [5.74, 6) is 0.136. The molecule has 2 N–H and O–H groups in total. The van der Waals surface area contributed by atoms with Crippen LogP contribution >= 0.6 is 0 Å². The Hall–Kier alpha value is -2.20. The van der Waals surface area contributed by atoms with E-state index < -0.39 is 20.5 Å². The topological polar surface area (TPSA) is 122 Å². The molecule has 2 atom stereocenters. The van der Waals surface area contributed by atoms with E-state index in [-0.39, 0.29) is 40.6 Å². The van der Waals surface area contributed by atoms with E-state index >= 15 is 0 Å². The Labute approximate surface area is 172 Å². The minimum atomic E-state index is -3.83. The maximum atomic E-state index is 13.0. The second-order valence-corrected chi connectivity index (χ2v) is 10.8. The number of hydrogen-bond acceptors (Lipinski definition) is 6. The molecule has 29 heavy (non-hydrogen) atoms. The number of piperidine rings is 1. The molecule has 1 saturated heterocycles. The van der Waals surface area contributed by atoms with E-state index in [4.69, 9.17) is 0 Å². The van der Waals surface area contributed by atoms with Crippen LogP contribution in [0.5, 0.6) is 0 Å². The van der Waals surface area contributed by atoms with Gasteiger partial charge in [0, 0.05) is 24.7 Å². The average molecular weight is 427 g/mol. The van der Waals surface area contributed by atoms with Gasteiger partial charge in [0.05, 0.1) is 16.4 Å². The van der Waals surface area contributed by atoms with Gasteiger partial charge in [0.1, 0.15) is 5.69 Å². The van der Waals surface area contributed by atoms with Gasteiger partial charge in [-0.3, -0.25) is 14.9 Å². The smallest absolute Gasteiger partial charge is 0.293 e. The molecular weight excluding hydrogens is 396 g/mol. The van der Waals surface area contributed by atoms with Gasteiger partial charge in [0.25, 0.3) is 5.69 Å².